The smallest absolute Gasteiger partial charge is 0.269 e. The summed E-state index contributed by atoms with van der Waals surface area (Å²) < 4.78 is 2.45. The molecule has 0 radical (unpaired) electrons. The monoisotopic (exact) mass is 350 g/mol. The van der Waals surface area contributed by atoms with Gasteiger partial charge in [-0.3, -0.25) is 9.48 Å². The minimum Gasteiger partial charge on any atom is -0.344 e. The lowest BCUT2D eigenvalue weighted by atomic mass is 10.1. The van der Waals surface area contributed by atoms with E-state index in [0.717, 1.165) is 10.2 Å². The van der Waals surface area contributed by atoms with Gasteiger partial charge in [0.1, 0.15) is 5.69 Å². The van der Waals surface area contributed by atoms with Crippen LogP contribution in [0.4, 0.5) is 5.95 Å². The summed E-state index contributed by atoms with van der Waals surface area (Å²) in [5.74, 6) is 0.583. The Morgan fingerprint density at radius 3 is 2.62 bits per heavy atom. The molecule has 0 saturated carbocycles. The molecule has 8 heteroatoms. The molecule has 7 nitrogen and oxygen atoms in total. The molecular formula is C13H15BrN6O. The molecule has 0 aromatic carbocycles. The molecule has 0 aliphatic carbocycles. The van der Waals surface area contributed by atoms with Crippen molar-refractivity contribution in [2.45, 2.75) is 13.0 Å². The van der Waals surface area contributed by atoms with Crippen LogP contribution in [-0.4, -0.2) is 44.8 Å². The summed E-state index contributed by atoms with van der Waals surface area (Å²) in [7, 11) is 1.77. The van der Waals surface area contributed by atoms with Gasteiger partial charge < -0.3 is 10.2 Å². The fraction of sp³-hybridized carbons (Fsp3) is 0.385. The van der Waals surface area contributed by atoms with E-state index in [9.17, 15) is 4.79 Å². The van der Waals surface area contributed by atoms with E-state index in [1.165, 1.54) is 0 Å². The second-order valence-electron chi connectivity index (χ2n) is 5.07. The Bertz CT molecular complexity index is 662. The molecule has 110 valence electrons. The van der Waals surface area contributed by atoms with Gasteiger partial charge in [0.15, 0.2) is 0 Å². The van der Waals surface area contributed by atoms with E-state index in [4.69, 9.17) is 0 Å². The number of carbonyl (C=O) groups excluding carboxylic acids is 1. The SMILES string of the molecule is Cc1cc(C(=O)NC2CN(c3ncc(Br)cn3)C2)n(C)n1. The highest BCUT2D eigenvalue weighted by atomic mass is 79.9. The quantitative estimate of drug-likeness (QED) is 0.889. The van der Waals surface area contributed by atoms with Gasteiger partial charge in [-0.25, -0.2) is 9.97 Å². The van der Waals surface area contributed by atoms with Gasteiger partial charge in [0.2, 0.25) is 5.95 Å². The van der Waals surface area contributed by atoms with Gasteiger partial charge in [-0.1, -0.05) is 0 Å². The lowest BCUT2D eigenvalue weighted by molar-refractivity contribution is 0.0920. The number of nitrogens with one attached hydrogen (secondary N) is 1. The lowest BCUT2D eigenvalue weighted by Crippen LogP contribution is -2.60. The van der Waals surface area contributed by atoms with Crippen molar-refractivity contribution in [3.8, 4) is 0 Å². The summed E-state index contributed by atoms with van der Waals surface area (Å²) >= 11 is 3.30. The largest absolute Gasteiger partial charge is 0.344 e. The van der Waals surface area contributed by atoms with Gasteiger partial charge in [-0.2, -0.15) is 5.10 Å². The fourth-order valence-corrected chi connectivity index (χ4v) is 2.49. The van der Waals surface area contributed by atoms with E-state index < -0.39 is 0 Å². The van der Waals surface area contributed by atoms with E-state index in [1.807, 2.05) is 11.8 Å². The molecule has 2 aromatic heterocycles. The lowest BCUT2D eigenvalue weighted by Gasteiger charge is -2.39. The molecule has 3 rings (SSSR count). The summed E-state index contributed by atoms with van der Waals surface area (Å²) in [5, 5.41) is 7.17. The number of halogens is 1. The summed E-state index contributed by atoms with van der Waals surface area (Å²) in [5.41, 5.74) is 1.41. The number of nitrogens with zero attached hydrogens (tertiary/aromatic N) is 5. The zero-order valence-electron chi connectivity index (χ0n) is 11.7. The number of anilines is 1. The predicted molar refractivity (Wildman–Crippen MR) is 81.1 cm³/mol. The predicted octanol–water partition coefficient (Wildman–Crippen LogP) is 0.900. The molecule has 3 heterocycles. The molecule has 1 N–H and O–H groups in total. The third kappa shape index (κ3) is 2.90. The third-order valence-electron chi connectivity index (χ3n) is 3.34. The molecule has 0 unspecified atom stereocenters. The highest BCUT2D eigenvalue weighted by molar-refractivity contribution is 9.10. The molecule has 0 atom stereocenters. The van der Waals surface area contributed by atoms with Crippen molar-refractivity contribution in [2.75, 3.05) is 18.0 Å². The molecule has 0 spiro atoms. The van der Waals surface area contributed by atoms with E-state index in [0.29, 0.717) is 24.7 Å². The first kappa shape index (κ1) is 14.0. The van der Waals surface area contributed by atoms with Crippen molar-refractivity contribution < 1.29 is 4.79 Å². The number of hydrogen-bond donors (Lipinski definition) is 1. The number of aromatic nitrogens is 4. The van der Waals surface area contributed by atoms with E-state index in [2.05, 4.69) is 36.3 Å². The summed E-state index contributed by atoms with van der Waals surface area (Å²) in [4.78, 5) is 22.6. The minimum atomic E-state index is -0.0977. The Balaban J connectivity index is 1.56. The highest BCUT2D eigenvalue weighted by Crippen LogP contribution is 2.17. The van der Waals surface area contributed by atoms with Crippen molar-refractivity contribution in [1.82, 2.24) is 25.1 Å². The van der Waals surface area contributed by atoms with E-state index in [1.54, 1.807) is 30.2 Å². The number of amides is 1. The van der Waals surface area contributed by atoms with Gasteiger partial charge in [-0.05, 0) is 28.9 Å². The molecular weight excluding hydrogens is 336 g/mol. The third-order valence-corrected chi connectivity index (χ3v) is 3.75. The van der Waals surface area contributed by atoms with Gasteiger partial charge in [0.05, 0.1) is 16.2 Å². The maximum Gasteiger partial charge on any atom is 0.269 e. The van der Waals surface area contributed by atoms with Crippen LogP contribution in [0.3, 0.4) is 0 Å². The van der Waals surface area contributed by atoms with Crippen LogP contribution in [0.2, 0.25) is 0 Å². The zero-order chi connectivity index (χ0) is 15.0. The maximum absolute atomic E-state index is 12.1. The number of carbonyl (C=O) groups is 1. The first-order chi connectivity index (χ1) is 10.0. The second kappa shape index (κ2) is 5.44. The van der Waals surface area contributed by atoms with Crippen molar-refractivity contribution >= 4 is 27.8 Å². The van der Waals surface area contributed by atoms with Gasteiger partial charge >= 0.3 is 0 Å². The van der Waals surface area contributed by atoms with Crippen LogP contribution in [0.15, 0.2) is 22.9 Å². The maximum atomic E-state index is 12.1. The van der Waals surface area contributed by atoms with Gasteiger partial charge in [0, 0.05) is 32.5 Å². The fourth-order valence-electron chi connectivity index (χ4n) is 2.28. The van der Waals surface area contributed by atoms with Crippen LogP contribution in [0.5, 0.6) is 0 Å². The van der Waals surface area contributed by atoms with Gasteiger partial charge in [0.25, 0.3) is 5.91 Å². The Kier molecular flexibility index (Phi) is 3.62. The Morgan fingerprint density at radius 2 is 2.05 bits per heavy atom. The summed E-state index contributed by atoms with van der Waals surface area (Å²) in [6.07, 6.45) is 3.43. The van der Waals surface area contributed by atoms with Crippen LogP contribution in [-0.2, 0) is 7.05 Å². The Hall–Kier alpha value is -1.96. The topological polar surface area (TPSA) is 75.9 Å². The molecule has 1 saturated heterocycles. The summed E-state index contributed by atoms with van der Waals surface area (Å²) in [6.45, 7) is 3.29. The van der Waals surface area contributed by atoms with Crippen LogP contribution in [0.25, 0.3) is 0 Å². The Labute approximate surface area is 130 Å². The van der Waals surface area contributed by atoms with Gasteiger partial charge in [-0.15, -0.1) is 0 Å². The van der Waals surface area contributed by atoms with Crippen molar-refractivity contribution in [3.05, 3.63) is 34.3 Å². The minimum absolute atomic E-state index is 0.0977. The van der Waals surface area contributed by atoms with Crippen molar-refractivity contribution in [2.24, 2.45) is 7.05 Å². The Morgan fingerprint density at radius 1 is 1.38 bits per heavy atom. The average Bonchev–Trinajstić information content (AvgIpc) is 2.74. The molecule has 1 fully saturated rings. The molecule has 1 aliphatic heterocycles. The average molecular weight is 351 g/mol. The first-order valence-electron chi connectivity index (χ1n) is 6.57. The first-order valence-corrected chi connectivity index (χ1v) is 7.36. The normalized spacial score (nSPS) is 14.9. The van der Waals surface area contributed by atoms with Crippen molar-refractivity contribution in [1.29, 1.82) is 0 Å². The standard InChI is InChI=1S/C13H15BrN6O/c1-8-3-11(19(2)18-8)12(21)17-10-6-20(7-10)13-15-4-9(14)5-16-13/h3-5,10H,6-7H2,1-2H3,(H,17,21). The van der Waals surface area contributed by atoms with E-state index in [-0.39, 0.29) is 11.9 Å². The molecule has 21 heavy (non-hydrogen) atoms. The van der Waals surface area contributed by atoms with Crippen LogP contribution in [0, 0.1) is 6.92 Å². The molecule has 2 aromatic rings. The second-order valence-corrected chi connectivity index (χ2v) is 5.99. The molecule has 1 aliphatic rings. The van der Waals surface area contributed by atoms with Crippen LogP contribution < -0.4 is 10.2 Å². The molecule has 0 bridgehead atoms. The van der Waals surface area contributed by atoms with Crippen LogP contribution in [0.1, 0.15) is 16.2 Å². The van der Waals surface area contributed by atoms with Crippen LogP contribution >= 0.6 is 15.9 Å². The number of rotatable bonds is 3. The summed E-state index contributed by atoms with van der Waals surface area (Å²) in [6, 6.07) is 1.89. The number of aryl methyl sites for hydroxylation is 2. The number of hydrogen-bond acceptors (Lipinski definition) is 5. The zero-order valence-corrected chi connectivity index (χ0v) is 13.3. The van der Waals surface area contributed by atoms with Crippen molar-refractivity contribution in [3.63, 3.8) is 0 Å². The molecule has 1 amide bonds. The highest BCUT2D eigenvalue weighted by Gasteiger charge is 2.30. The van der Waals surface area contributed by atoms with E-state index >= 15 is 0 Å².